The van der Waals surface area contributed by atoms with E-state index >= 15 is 4.11 Å². The minimum Gasteiger partial charge on any atom is -0.308 e. The van der Waals surface area contributed by atoms with E-state index in [9.17, 15) is 0 Å². The van der Waals surface area contributed by atoms with E-state index < -0.39 is 8.41 Å². The predicted molar refractivity (Wildman–Crippen MR) is 121 cm³/mol. The van der Waals surface area contributed by atoms with Crippen LogP contribution in [-0.2, 0) is 12.8 Å². The van der Waals surface area contributed by atoms with Crippen LogP contribution in [0.1, 0.15) is 56.6 Å². The van der Waals surface area contributed by atoms with Crippen LogP contribution in [0, 0.1) is 5.92 Å². The van der Waals surface area contributed by atoms with E-state index in [0.717, 1.165) is 53.3 Å². The number of benzene rings is 2. The summed E-state index contributed by atoms with van der Waals surface area (Å²) in [7, 11) is -2.72. The van der Waals surface area contributed by atoms with Gasteiger partial charge in [-0.15, -0.1) is 0 Å². The quantitative estimate of drug-likeness (QED) is 0.226. The molecule has 1 aliphatic heterocycles. The molecule has 2 aromatic rings. The first-order chi connectivity index (χ1) is 13.1. The van der Waals surface area contributed by atoms with Crippen molar-refractivity contribution in [3.63, 3.8) is 0 Å². The molecule has 0 unspecified atom stereocenters. The number of halogens is 2. The first kappa shape index (κ1) is 20.8. The Morgan fingerprint density at radius 2 is 1.44 bits per heavy atom. The van der Waals surface area contributed by atoms with Crippen molar-refractivity contribution in [1.29, 1.82) is 0 Å². The summed E-state index contributed by atoms with van der Waals surface area (Å²) < 4.78 is 16.7. The zero-order valence-electron chi connectivity index (χ0n) is 16.5. The maximum Gasteiger partial charge on any atom is 0.277 e. The van der Waals surface area contributed by atoms with Crippen LogP contribution in [0.5, 0.6) is 0 Å². The van der Waals surface area contributed by atoms with Crippen LogP contribution in [0.2, 0.25) is 12.1 Å². The van der Waals surface area contributed by atoms with Crippen molar-refractivity contribution in [1.82, 2.24) is 0 Å². The Morgan fingerprint density at radius 3 is 2.00 bits per heavy atom. The summed E-state index contributed by atoms with van der Waals surface area (Å²) in [6.45, 7) is 2.25. The molecule has 3 rings (SSSR count). The Bertz CT molecular complexity index is 687. The van der Waals surface area contributed by atoms with E-state index in [1.165, 1.54) is 36.8 Å². The maximum absolute atomic E-state index is 15.6. The highest BCUT2D eigenvalue weighted by Crippen LogP contribution is 2.35. The normalized spacial score (nSPS) is 22.7. The second-order valence-electron chi connectivity index (χ2n) is 8.23. The second kappa shape index (κ2) is 10.0. The smallest absolute Gasteiger partial charge is 0.277 e. The summed E-state index contributed by atoms with van der Waals surface area (Å²) in [5.74, 6) is 0.776. The van der Waals surface area contributed by atoms with E-state index in [0.29, 0.717) is 0 Å². The fourth-order valence-corrected chi connectivity index (χ4v) is 7.89. The molecule has 0 bridgehead atoms. The Morgan fingerprint density at radius 1 is 0.889 bits per heavy atom. The average molecular weight is 448 g/mol. The lowest BCUT2D eigenvalue weighted by atomic mass is 9.96. The molecule has 1 aliphatic rings. The summed E-state index contributed by atoms with van der Waals surface area (Å²) in [6, 6.07) is 18.7. The third-order valence-electron chi connectivity index (χ3n) is 6.20. The first-order valence-corrected chi connectivity index (χ1v) is 13.7. The number of unbranched alkanes of at least 4 members (excludes halogenated alkanes) is 2. The molecule has 0 spiro atoms. The minimum absolute atomic E-state index is 0.776. The number of aryl methyl sites for hydroxylation is 2. The summed E-state index contributed by atoms with van der Waals surface area (Å²) in [6.07, 6.45) is 9.52. The lowest BCUT2D eigenvalue weighted by Gasteiger charge is -2.32. The molecule has 146 valence electrons. The van der Waals surface area contributed by atoms with Gasteiger partial charge in [-0.1, -0.05) is 97.8 Å². The third-order valence-corrected chi connectivity index (χ3v) is 10.3. The maximum atomic E-state index is 15.6. The molecule has 0 saturated carbocycles. The van der Waals surface area contributed by atoms with E-state index in [2.05, 4.69) is 71.4 Å². The van der Waals surface area contributed by atoms with Crippen molar-refractivity contribution in [2.75, 3.05) is 0 Å². The lowest BCUT2D eigenvalue weighted by molar-refractivity contribution is 0.405. The van der Waals surface area contributed by atoms with Gasteiger partial charge in [-0.25, -0.2) is 0 Å². The van der Waals surface area contributed by atoms with E-state index in [-0.39, 0.29) is 0 Å². The lowest BCUT2D eigenvalue weighted by Crippen LogP contribution is -2.46. The molecular weight excluding hydrogens is 415 g/mol. The molecule has 1 fully saturated rings. The van der Waals surface area contributed by atoms with E-state index in [1.54, 1.807) is 0 Å². The standard InChI is InChI=1S/C24H32BrFSi/c1-2-3-4-5-20-16-18-27(26,19-17-20)24-14-10-22(11-15-24)7-6-21-8-12-23(25)13-9-21/h8-15,20H,2-7,16-19H2,1H3. The molecule has 0 nitrogen and oxygen atoms in total. The summed E-state index contributed by atoms with van der Waals surface area (Å²) in [5.41, 5.74) is 2.66. The Hall–Kier alpha value is -0.933. The molecule has 0 atom stereocenters. The van der Waals surface area contributed by atoms with Crippen LogP contribution in [0.4, 0.5) is 4.11 Å². The second-order valence-corrected chi connectivity index (χ2v) is 12.7. The van der Waals surface area contributed by atoms with Crippen molar-refractivity contribution in [3.05, 3.63) is 64.1 Å². The van der Waals surface area contributed by atoms with Crippen molar-refractivity contribution < 1.29 is 4.11 Å². The first-order valence-electron chi connectivity index (χ1n) is 10.6. The van der Waals surface area contributed by atoms with Gasteiger partial charge in [0.2, 0.25) is 0 Å². The van der Waals surface area contributed by atoms with Gasteiger partial charge in [0.15, 0.2) is 0 Å². The molecule has 1 saturated heterocycles. The Labute approximate surface area is 173 Å². The van der Waals surface area contributed by atoms with Gasteiger partial charge in [0.1, 0.15) is 0 Å². The molecule has 1 heterocycles. The molecule has 0 aliphatic carbocycles. The van der Waals surface area contributed by atoms with Crippen LogP contribution >= 0.6 is 15.9 Å². The topological polar surface area (TPSA) is 0 Å². The fourth-order valence-electron chi connectivity index (χ4n) is 4.31. The van der Waals surface area contributed by atoms with E-state index in [1.807, 2.05) is 0 Å². The molecule has 27 heavy (non-hydrogen) atoms. The predicted octanol–water partition coefficient (Wildman–Crippen LogP) is 7.35. The summed E-state index contributed by atoms with van der Waals surface area (Å²) >= 11 is 3.48. The van der Waals surface area contributed by atoms with Gasteiger partial charge in [-0.3, -0.25) is 0 Å². The average Bonchev–Trinajstić information content (AvgIpc) is 2.70. The van der Waals surface area contributed by atoms with Crippen molar-refractivity contribution in [2.45, 2.75) is 70.4 Å². The van der Waals surface area contributed by atoms with Gasteiger partial charge in [0, 0.05) is 4.47 Å². The molecule has 0 amide bonds. The highest BCUT2D eigenvalue weighted by atomic mass is 79.9. The number of hydrogen-bond donors (Lipinski definition) is 0. The Kier molecular flexibility index (Phi) is 7.72. The zero-order valence-corrected chi connectivity index (χ0v) is 19.1. The molecular formula is C24H32BrFSi. The summed E-state index contributed by atoms with van der Waals surface area (Å²) in [5, 5.41) is 1.03. The number of hydrogen-bond acceptors (Lipinski definition) is 0. The monoisotopic (exact) mass is 446 g/mol. The van der Waals surface area contributed by atoms with E-state index in [4.69, 9.17) is 0 Å². The highest BCUT2D eigenvalue weighted by molar-refractivity contribution is 9.10. The van der Waals surface area contributed by atoms with Crippen LogP contribution < -0.4 is 5.19 Å². The zero-order chi connectivity index (χ0) is 19.1. The van der Waals surface area contributed by atoms with Crippen molar-refractivity contribution >= 4 is 29.5 Å². The van der Waals surface area contributed by atoms with Gasteiger partial charge < -0.3 is 4.11 Å². The largest absolute Gasteiger partial charge is 0.308 e. The van der Waals surface area contributed by atoms with Gasteiger partial charge >= 0.3 is 0 Å². The van der Waals surface area contributed by atoms with Gasteiger partial charge in [-0.2, -0.15) is 0 Å². The van der Waals surface area contributed by atoms with Gasteiger partial charge in [0.05, 0.1) is 0 Å². The third kappa shape index (κ3) is 6.02. The van der Waals surface area contributed by atoms with Crippen molar-refractivity contribution in [3.8, 4) is 0 Å². The molecule has 3 heteroatoms. The number of rotatable bonds is 8. The molecule has 0 aromatic heterocycles. The highest BCUT2D eigenvalue weighted by Gasteiger charge is 2.40. The Balaban J connectivity index is 1.51. The van der Waals surface area contributed by atoms with Crippen LogP contribution in [0.25, 0.3) is 0 Å². The van der Waals surface area contributed by atoms with Crippen LogP contribution in [0.15, 0.2) is 53.0 Å². The SMILES string of the molecule is CCCCCC1CC[Si](F)(c2ccc(CCc3ccc(Br)cc3)cc2)CC1. The van der Waals surface area contributed by atoms with Crippen LogP contribution in [-0.4, -0.2) is 8.41 Å². The summed E-state index contributed by atoms with van der Waals surface area (Å²) in [4.78, 5) is 0. The molecule has 0 N–H and O–H groups in total. The van der Waals surface area contributed by atoms with Crippen LogP contribution in [0.3, 0.4) is 0 Å². The van der Waals surface area contributed by atoms with Gasteiger partial charge in [0.25, 0.3) is 8.41 Å². The fraction of sp³-hybridized carbons (Fsp3) is 0.500. The minimum atomic E-state index is -2.72. The molecule has 0 radical (unpaired) electrons. The molecule has 2 aromatic carbocycles. The van der Waals surface area contributed by atoms with Gasteiger partial charge in [-0.05, 0) is 59.3 Å². The van der Waals surface area contributed by atoms with Crippen molar-refractivity contribution in [2.24, 2.45) is 5.92 Å².